The number of nitrogens with one attached hydrogen (secondary N) is 1. The van der Waals surface area contributed by atoms with Gasteiger partial charge in [0.05, 0.1) is 5.92 Å². The van der Waals surface area contributed by atoms with Crippen LogP contribution in [0.25, 0.3) is 5.57 Å². The Morgan fingerprint density at radius 3 is 2.13 bits per heavy atom. The van der Waals surface area contributed by atoms with Gasteiger partial charge in [-0.15, -0.1) is 0 Å². The molecule has 10 heteroatoms. The molecule has 3 fully saturated rings. The van der Waals surface area contributed by atoms with Crippen LogP contribution in [0.2, 0.25) is 0 Å². The summed E-state index contributed by atoms with van der Waals surface area (Å²) in [6, 6.07) is 16.3. The van der Waals surface area contributed by atoms with Crippen molar-refractivity contribution in [2.75, 3.05) is 49.1 Å². The molecule has 4 aliphatic rings. The van der Waals surface area contributed by atoms with Crippen LogP contribution in [0.3, 0.4) is 0 Å². The van der Waals surface area contributed by atoms with Crippen molar-refractivity contribution in [3.63, 3.8) is 0 Å². The molecule has 2 aromatic rings. The molecule has 7 N–H and O–H groups in total. The lowest BCUT2D eigenvalue weighted by Crippen LogP contribution is -2.53. The van der Waals surface area contributed by atoms with E-state index in [1.165, 1.54) is 5.69 Å². The Kier molecular flexibility index (Phi) is 9.77. The van der Waals surface area contributed by atoms with E-state index in [9.17, 15) is 19.8 Å². The van der Waals surface area contributed by atoms with Gasteiger partial charge in [0.1, 0.15) is 12.0 Å². The zero-order chi connectivity index (χ0) is 32.2. The van der Waals surface area contributed by atoms with E-state index in [4.69, 9.17) is 11.5 Å². The molecule has 0 aromatic heterocycles. The average molecular weight is 627 g/mol. The third kappa shape index (κ3) is 7.14. The number of carbonyl (C=O) groups excluding carboxylic acids is 2. The molecule has 3 heterocycles. The second-order valence-corrected chi connectivity index (χ2v) is 12.9. The summed E-state index contributed by atoms with van der Waals surface area (Å²) in [6.45, 7) is 5.95. The first-order chi connectivity index (χ1) is 22.3. The number of aliphatic hydroxyl groups excluding tert-OH is 2. The van der Waals surface area contributed by atoms with Crippen LogP contribution >= 0.6 is 0 Å². The highest BCUT2D eigenvalue weighted by Gasteiger charge is 2.30. The molecule has 3 aliphatic heterocycles. The van der Waals surface area contributed by atoms with E-state index in [1.54, 1.807) is 12.2 Å². The second-order valence-electron chi connectivity index (χ2n) is 12.9. The molecule has 1 aliphatic carbocycles. The number of allylic oxidation sites excluding steroid dienone is 2. The number of nitrogens with zero attached hydrogens (tertiary/aromatic N) is 3. The first-order valence-electron chi connectivity index (χ1n) is 16.6. The number of piperidine rings is 2. The van der Waals surface area contributed by atoms with Gasteiger partial charge in [-0.3, -0.25) is 14.5 Å². The van der Waals surface area contributed by atoms with Crippen LogP contribution in [0.5, 0.6) is 0 Å². The topological polar surface area (TPSA) is 148 Å². The Hall–Kier alpha value is -4.12. The van der Waals surface area contributed by atoms with Crippen LogP contribution in [0, 0.1) is 0 Å². The molecule has 6 rings (SSSR count). The van der Waals surface area contributed by atoms with Gasteiger partial charge in [0, 0.05) is 68.3 Å². The number of nitrogens with two attached hydrogens (primary N) is 2. The van der Waals surface area contributed by atoms with E-state index in [-0.39, 0.29) is 17.6 Å². The quantitative estimate of drug-likeness (QED) is 0.281. The van der Waals surface area contributed by atoms with E-state index < -0.39 is 18.2 Å². The Morgan fingerprint density at radius 2 is 1.52 bits per heavy atom. The van der Waals surface area contributed by atoms with Crippen molar-refractivity contribution in [1.82, 2.24) is 10.2 Å². The molecule has 0 spiro atoms. The molecule has 0 radical (unpaired) electrons. The summed E-state index contributed by atoms with van der Waals surface area (Å²) in [5, 5.41) is 22.5. The Labute approximate surface area is 271 Å². The predicted octanol–water partition coefficient (Wildman–Crippen LogP) is 3.15. The van der Waals surface area contributed by atoms with Crippen molar-refractivity contribution >= 4 is 28.8 Å². The minimum Gasteiger partial charge on any atom is -0.508 e. The molecule has 3 unspecified atom stereocenters. The molecular formula is C36H46N6O4. The minimum atomic E-state index is -0.727. The predicted molar refractivity (Wildman–Crippen MR) is 181 cm³/mol. The van der Waals surface area contributed by atoms with Gasteiger partial charge >= 0.3 is 0 Å². The Bertz CT molecular complexity index is 1490. The van der Waals surface area contributed by atoms with Crippen LogP contribution in [0.4, 0.5) is 11.4 Å². The fourth-order valence-corrected chi connectivity index (χ4v) is 7.32. The maximum Gasteiger partial charge on any atom is 0.249 e. The van der Waals surface area contributed by atoms with Gasteiger partial charge in [-0.1, -0.05) is 36.4 Å². The van der Waals surface area contributed by atoms with Crippen LogP contribution in [-0.2, 0) is 9.59 Å². The lowest BCUT2D eigenvalue weighted by Gasteiger charge is -2.44. The maximum atomic E-state index is 12.3. The molecule has 46 heavy (non-hydrogen) atoms. The fraction of sp³-hybridized carbons (Fsp3) is 0.444. The van der Waals surface area contributed by atoms with Crippen LogP contribution in [-0.4, -0.2) is 84.5 Å². The monoisotopic (exact) mass is 626 g/mol. The highest BCUT2D eigenvalue weighted by atomic mass is 16.3. The second kappa shape index (κ2) is 14.1. The normalized spacial score (nSPS) is 24.2. The van der Waals surface area contributed by atoms with Crippen LogP contribution in [0.15, 0.2) is 78.1 Å². The number of primary amides is 1. The smallest absolute Gasteiger partial charge is 0.249 e. The number of rotatable bonds is 8. The summed E-state index contributed by atoms with van der Waals surface area (Å²) >= 11 is 0. The standard InChI is InChI=1S/C36H46N6O4/c37-32(30-3-1-2-4-33(30)43)23-31(35(38)45)25-7-11-26(12-8-25)40-17-15-28(16-18-40)42-21-19-41(20-22-42)27-9-5-24(6-10-27)29-13-14-34(44)39-36(29)46/h2,4-12,23,28-29,32,34,43-44H,1,3,13-22,37H2,(H2,38,45)(H,39,46)/b31-23-. The molecular weight excluding hydrogens is 580 g/mol. The van der Waals surface area contributed by atoms with Crippen LogP contribution < -0.4 is 26.6 Å². The number of carbonyl (C=O) groups is 2. The van der Waals surface area contributed by atoms with Crippen molar-refractivity contribution in [2.45, 2.75) is 62.8 Å². The number of hydrogen-bond acceptors (Lipinski definition) is 8. The van der Waals surface area contributed by atoms with Gasteiger partial charge in [-0.05, 0) is 85.6 Å². The largest absolute Gasteiger partial charge is 0.508 e. The van der Waals surface area contributed by atoms with Crippen molar-refractivity contribution < 1.29 is 19.8 Å². The van der Waals surface area contributed by atoms with Gasteiger partial charge < -0.3 is 36.8 Å². The number of piperazine rings is 1. The molecule has 2 aromatic carbocycles. The third-order valence-corrected chi connectivity index (χ3v) is 10.1. The zero-order valence-electron chi connectivity index (χ0n) is 26.4. The van der Waals surface area contributed by atoms with Crippen molar-refractivity contribution in [3.05, 3.63) is 89.2 Å². The number of hydrogen-bond donors (Lipinski definition) is 5. The van der Waals surface area contributed by atoms with Crippen molar-refractivity contribution in [1.29, 1.82) is 0 Å². The number of amides is 2. The van der Waals surface area contributed by atoms with Gasteiger partial charge in [0.2, 0.25) is 11.8 Å². The lowest BCUT2D eigenvalue weighted by atomic mass is 9.90. The van der Waals surface area contributed by atoms with E-state index >= 15 is 0 Å². The lowest BCUT2D eigenvalue weighted by molar-refractivity contribution is -0.128. The fourth-order valence-electron chi connectivity index (χ4n) is 7.32. The number of aliphatic hydroxyl groups is 2. The highest BCUT2D eigenvalue weighted by molar-refractivity contribution is 6.19. The SMILES string of the molecule is NC(=O)/C(=C\C(N)C1=C(O)C=CCC1)c1ccc(N2CCC(N3CCN(c4ccc(C5CCC(O)NC5=O)cc4)CC3)CC2)cc1. The van der Waals surface area contributed by atoms with Gasteiger partial charge in [0.25, 0.3) is 0 Å². The number of anilines is 2. The first-order valence-corrected chi connectivity index (χ1v) is 16.6. The molecule has 0 saturated carbocycles. The first kappa shape index (κ1) is 31.8. The molecule has 0 bridgehead atoms. The summed E-state index contributed by atoms with van der Waals surface area (Å²) in [6.07, 6.45) is 9.41. The van der Waals surface area contributed by atoms with Gasteiger partial charge in [0.15, 0.2) is 0 Å². The van der Waals surface area contributed by atoms with E-state index in [0.29, 0.717) is 36.5 Å². The molecule has 2 amide bonds. The summed E-state index contributed by atoms with van der Waals surface area (Å²) in [4.78, 5) is 32.1. The molecule has 10 nitrogen and oxygen atoms in total. The van der Waals surface area contributed by atoms with Crippen molar-refractivity contribution in [2.24, 2.45) is 11.5 Å². The van der Waals surface area contributed by atoms with E-state index in [2.05, 4.69) is 44.3 Å². The van der Waals surface area contributed by atoms with E-state index in [0.717, 1.165) is 75.3 Å². The minimum absolute atomic E-state index is 0.0956. The molecule has 3 saturated heterocycles. The Balaban J connectivity index is 0.994. The van der Waals surface area contributed by atoms with E-state index in [1.807, 2.05) is 30.3 Å². The maximum absolute atomic E-state index is 12.3. The third-order valence-electron chi connectivity index (χ3n) is 10.1. The summed E-state index contributed by atoms with van der Waals surface area (Å²) in [5.74, 6) is -0.658. The molecule has 3 atom stereocenters. The number of benzene rings is 2. The van der Waals surface area contributed by atoms with Crippen molar-refractivity contribution in [3.8, 4) is 0 Å². The van der Waals surface area contributed by atoms with Gasteiger partial charge in [-0.2, -0.15) is 0 Å². The highest BCUT2D eigenvalue weighted by Crippen LogP contribution is 2.30. The summed E-state index contributed by atoms with van der Waals surface area (Å²) < 4.78 is 0. The Morgan fingerprint density at radius 1 is 0.891 bits per heavy atom. The van der Waals surface area contributed by atoms with Crippen LogP contribution in [0.1, 0.15) is 55.6 Å². The molecule has 244 valence electrons. The summed E-state index contributed by atoms with van der Waals surface area (Å²) in [5.41, 5.74) is 17.2. The average Bonchev–Trinajstić information content (AvgIpc) is 3.08. The zero-order valence-corrected chi connectivity index (χ0v) is 26.4. The summed E-state index contributed by atoms with van der Waals surface area (Å²) in [7, 11) is 0. The van der Waals surface area contributed by atoms with Gasteiger partial charge in [-0.25, -0.2) is 0 Å².